The molecule has 0 spiro atoms. The van der Waals surface area contributed by atoms with Crippen molar-refractivity contribution >= 4 is 53.3 Å². The lowest BCUT2D eigenvalue weighted by molar-refractivity contribution is -0.149. The lowest BCUT2D eigenvalue weighted by Crippen LogP contribution is -2.58. The third-order valence-electron chi connectivity index (χ3n) is 8.65. The van der Waals surface area contributed by atoms with Gasteiger partial charge in [0.2, 0.25) is 41.4 Å². The zero-order valence-electron chi connectivity index (χ0n) is 31.6. The number of carboxylic acids is 1. The summed E-state index contributed by atoms with van der Waals surface area (Å²) in [4.78, 5) is 108. The van der Waals surface area contributed by atoms with E-state index in [4.69, 9.17) is 22.9 Å². The monoisotopic (exact) mass is 789 g/mol. The van der Waals surface area contributed by atoms with Crippen LogP contribution in [-0.2, 0) is 44.8 Å². The number of nitrogens with one attached hydrogen (secondary N) is 5. The number of guanidine groups is 1. The Kier molecular flexibility index (Phi) is 19.2. The molecule has 21 nitrogen and oxygen atoms in total. The maximum absolute atomic E-state index is 13.5. The number of aliphatic carboxylic acids is 1. The van der Waals surface area contributed by atoms with Crippen molar-refractivity contribution < 1.29 is 48.6 Å². The van der Waals surface area contributed by atoms with Crippen molar-refractivity contribution in [3.05, 3.63) is 35.9 Å². The topological polar surface area (TPSA) is 357 Å². The Hall–Kier alpha value is -5.83. The Bertz CT molecular complexity index is 1570. The summed E-state index contributed by atoms with van der Waals surface area (Å²) >= 11 is 0. The summed E-state index contributed by atoms with van der Waals surface area (Å²) in [5.41, 5.74) is 22.4. The Labute approximate surface area is 324 Å². The van der Waals surface area contributed by atoms with Crippen molar-refractivity contribution in [3.63, 3.8) is 0 Å². The summed E-state index contributed by atoms with van der Waals surface area (Å²) in [5, 5.41) is 31.3. The maximum atomic E-state index is 13.5. The van der Waals surface area contributed by atoms with Crippen LogP contribution in [0.5, 0.6) is 0 Å². The Morgan fingerprint density at radius 2 is 1.48 bits per heavy atom. The molecule has 1 aromatic carbocycles. The first-order valence-corrected chi connectivity index (χ1v) is 18.2. The molecule has 7 amide bonds. The number of aliphatic hydroxyl groups is 1. The van der Waals surface area contributed by atoms with E-state index in [9.17, 15) is 48.6 Å². The highest BCUT2D eigenvalue weighted by atomic mass is 16.4. The van der Waals surface area contributed by atoms with Gasteiger partial charge in [-0.05, 0) is 43.6 Å². The number of carboxylic acid groups (broad SMARTS) is 1. The first-order valence-electron chi connectivity index (χ1n) is 18.2. The Morgan fingerprint density at radius 3 is 2.07 bits per heavy atom. The highest BCUT2D eigenvalue weighted by Gasteiger charge is 2.39. The summed E-state index contributed by atoms with van der Waals surface area (Å²) in [7, 11) is 0. The van der Waals surface area contributed by atoms with Gasteiger partial charge in [0.15, 0.2) is 5.96 Å². The molecule has 0 aromatic heterocycles. The van der Waals surface area contributed by atoms with Crippen molar-refractivity contribution in [2.75, 3.05) is 26.2 Å². The standard InChI is InChI=1S/C35H55N11O10/c1-19(2)14-23(44-32(53)24(43-29(50)21(36)18-47)15-20-8-4-3-5-9-20)30(51)41-17-28(49)42-22(10-6-12-40-35(38)39)31(52)45-25(16-27(37)48)33(54)46-13-7-11-26(46)34(55)56/h3-5,8-9,19,21-26,47H,6-7,10-18,36H2,1-2H3,(H2,37,48)(H,41,51)(H,42,49)(H,43,50)(H,44,53)(H,45,52)(H,55,56)(H4,38,39,40)/t21-,22-,23-,24-,25-,26-/m0/s1. The first-order chi connectivity index (χ1) is 26.4. The van der Waals surface area contributed by atoms with Crippen LogP contribution in [0.2, 0.25) is 0 Å². The van der Waals surface area contributed by atoms with Gasteiger partial charge in [0.1, 0.15) is 36.3 Å². The molecule has 0 unspecified atom stereocenters. The van der Waals surface area contributed by atoms with Crippen LogP contribution in [0.25, 0.3) is 0 Å². The van der Waals surface area contributed by atoms with Crippen LogP contribution in [0.3, 0.4) is 0 Å². The van der Waals surface area contributed by atoms with Crippen LogP contribution >= 0.6 is 0 Å². The highest BCUT2D eigenvalue weighted by Crippen LogP contribution is 2.19. The number of primary amides is 1. The predicted octanol–water partition coefficient (Wildman–Crippen LogP) is -4.35. The zero-order valence-corrected chi connectivity index (χ0v) is 31.6. The van der Waals surface area contributed by atoms with E-state index in [0.717, 1.165) is 4.90 Å². The number of aliphatic imine (C=N–C) groups is 1. The van der Waals surface area contributed by atoms with E-state index in [2.05, 4.69) is 31.6 Å². The van der Waals surface area contributed by atoms with E-state index in [-0.39, 0.29) is 57.1 Å². The summed E-state index contributed by atoms with van der Waals surface area (Å²) < 4.78 is 0. The van der Waals surface area contributed by atoms with Crippen molar-refractivity contribution in [2.24, 2.45) is 33.8 Å². The number of hydrogen-bond donors (Lipinski definition) is 11. The molecule has 1 saturated heterocycles. The van der Waals surface area contributed by atoms with Crippen molar-refractivity contribution in [1.82, 2.24) is 31.5 Å². The second-order valence-corrected chi connectivity index (χ2v) is 13.8. The van der Waals surface area contributed by atoms with Crippen LogP contribution in [0, 0.1) is 5.92 Å². The van der Waals surface area contributed by atoms with E-state index >= 15 is 0 Å². The number of nitrogens with two attached hydrogens (primary N) is 4. The Balaban J connectivity index is 2.20. The van der Waals surface area contributed by atoms with Gasteiger partial charge in [-0.2, -0.15) is 0 Å². The molecule has 1 fully saturated rings. The molecule has 0 saturated carbocycles. The smallest absolute Gasteiger partial charge is 0.326 e. The van der Waals surface area contributed by atoms with Gasteiger partial charge < -0.3 is 64.6 Å². The fraction of sp³-hybridized carbons (Fsp3) is 0.571. The van der Waals surface area contributed by atoms with Crippen molar-refractivity contribution in [1.29, 1.82) is 0 Å². The fourth-order valence-corrected chi connectivity index (χ4v) is 5.87. The number of amides is 7. The van der Waals surface area contributed by atoms with Gasteiger partial charge in [-0.15, -0.1) is 0 Å². The summed E-state index contributed by atoms with van der Waals surface area (Å²) in [6.07, 6.45) is 0.182. The second kappa shape index (κ2) is 23.2. The van der Waals surface area contributed by atoms with Gasteiger partial charge >= 0.3 is 5.97 Å². The molecular weight excluding hydrogens is 734 g/mol. The molecular formula is C35H55N11O10. The minimum Gasteiger partial charge on any atom is -0.480 e. The zero-order chi connectivity index (χ0) is 41.9. The summed E-state index contributed by atoms with van der Waals surface area (Å²) in [6, 6.07) is 1.05. The molecule has 0 bridgehead atoms. The minimum absolute atomic E-state index is 0.0334. The number of nitrogens with zero attached hydrogens (tertiary/aromatic N) is 2. The number of carbonyl (C=O) groups excluding carboxylic acids is 7. The first kappa shape index (κ1) is 46.3. The number of carbonyl (C=O) groups is 8. The number of hydrogen-bond acceptors (Lipinski definition) is 11. The van der Waals surface area contributed by atoms with Gasteiger partial charge in [-0.1, -0.05) is 44.2 Å². The summed E-state index contributed by atoms with van der Waals surface area (Å²) in [6.45, 7) is 2.42. The number of aliphatic hydroxyl groups excluding tert-OH is 1. The lowest BCUT2D eigenvalue weighted by atomic mass is 10.0. The van der Waals surface area contributed by atoms with Crippen LogP contribution in [0.4, 0.5) is 0 Å². The fourth-order valence-electron chi connectivity index (χ4n) is 5.87. The van der Waals surface area contributed by atoms with Crippen LogP contribution in [-0.4, -0.2) is 131 Å². The minimum atomic E-state index is -1.54. The van der Waals surface area contributed by atoms with Crippen molar-refractivity contribution in [3.8, 4) is 0 Å². The van der Waals surface area contributed by atoms with Gasteiger partial charge in [0.25, 0.3) is 0 Å². The second-order valence-electron chi connectivity index (χ2n) is 13.8. The third-order valence-corrected chi connectivity index (χ3v) is 8.65. The predicted molar refractivity (Wildman–Crippen MR) is 201 cm³/mol. The Morgan fingerprint density at radius 1 is 0.857 bits per heavy atom. The van der Waals surface area contributed by atoms with Crippen LogP contribution in [0.15, 0.2) is 35.3 Å². The molecule has 310 valence electrons. The third kappa shape index (κ3) is 15.9. The van der Waals surface area contributed by atoms with Crippen LogP contribution in [0.1, 0.15) is 57.9 Å². The van der Waals surface area contributed by atoms with Crippen LogP contribution < -0.4 is 49.5 Å². The van der Waals surface area contributed by atoms with E-state index in [0.29, 0.717) is 12.0 Å². The quantitative estimate of drug-likeness (QED) is 0.0284. The highest BCUT2D eigenvalue weighted by molar-refractivity contribution is 5.97. The number of likely N-dealkylation sites (tertiary alicyclic amines) is 1. The molecule has 1 heterocycles. The molecule has 56 heavy (non-hydrogen) atoms. The molecule has 0 radical (unpaired) electrons. The molecule has 15 N–H and O–H groups in total. The van der Waals surface area contributed by atoms with E-state index in [1.54, 1.807) is 44.2 Å². The largest absolute Gasteiger partial charge is 0.480 e. The SMILES string of the molecule is CC(C)C[C@H](NC(=O)[C@H](Cc1ccccc1)NC(=O)[C@@H](N)CO)C(=O)NCC(=O)N[C@@H](CCCN=C(N)N)C(=O)N[C@@H](CC(N)=O)C(=O)N1CCC[C@H]1C(=O)O. The van der Waals surface area contributed by atoms with E-state index in [1.807, 2.05) is 0 Å². The molecule has 1 aromatic rings. The molecule has 2 rings (SSSR count). The summed E-state index contributed by atoms with van der Waals surface area (Å²) in [5.74, 6) is -7.37. The molecule has 1 aliphatic rings. The normalized spacial score (nSPS) is 16.3. The van der Waals surface area contributed by atoms with Crippen molar-refractivity contribution in [2.45, 2.75) is 95.0 Å². The number of rotatable bonds is 23. The lowest BCUT2D eigenvalue weighted by Gasteiger charge is -2.28. The van der Waals surface area contributed by atoms with Gasteiger partial charge in [0.05, 0.1) is 19.6 Å². The molecule has 1 aliphatic heterocycles. The maximum Gasteiger partial charge on any atom is 0.326 e. The van der Waals surface area contributed by atoms with Gasteiger partial charge in [-0.3, -0.25) is 38.6 Å². The number of benzene rings is 1. The molecule has 21 heteroatoms. The average molecular weight is 790 g/mol. The average Bonchev–Trinajstić information content (AvgIpc) is 3.64. The van der Waals surface area contributed by atoms with E-state index < -0.39 is 103 Å². The molecule has 6 atom stereocenters. The van der Waals surface area contributed by atoms with Gasteiger partial charge in [0, 0.05) is 19.5 Å². The van der Waals surface area contributed by atoms with E-state index in [1.165, 1.54) is 0 Å². The van der Waals surface area contributed by atoms with Gasteiger partial charge in [-0.25, -0.2) is 4.79 Å². The molecule has 0 aliphatic carbocycles.